The molecule has 0 bridgehead atoms. The Bertz CT molecular complexity index is 895. The van der Waals surface area contributed by atoms with Crippen molar-refractivity contribution in [3.8, 4) is 0 Å². The molecule has 6 heteroatoms. The van der Waals surface area contributed by atoms with Crippen LogP contribution in [-0.2, 0) is 11.2 Å². The summed E-state index contributed by atoms with van der Waals surface area (Å²) in [5.74, 6) is -0.577. The van der Waals surface area contributed by atoms with E-state index in [1.54, 1.807) is 11.8 Å². The number of nitrogens with one attached hydrogen (secondary N) is 1. The van der Waals surface area contributed by atoms with E-state index in [9.17, 15) is 14.7 Å². The molecule has 31 heavy (non-hydrogen) atoms. The molecule has 1 aliphatic heterocycles. The fourth-order valence-corrected chi connectivity index (χ4v) is 4.70. The highest BCUT2D eigenvalue weighted by Crippen LogP contribution is 2.45. The maximum atomic E-state index is 12.9. The van der Waals surface area contributed by atoms with Gasteiger partial charge in [-0.3, -0.25) is 9.69 Å². The van der Waals surface area contributed by atoms with E-state index in [0.717, 1.165) is 34.6 Å². The highest BCUT2D eigenvalue weighted by molar-refractivity contribution is 6.31. The molecule has 5 nitrogen and oxygen atoms in total. The number of hydrogen-bond donors (Lipinski definition) is 2. The van der Waals surface area contributed by atoms with E-state index in [4.69, 9.17) is 11.6 Å². The molecule has 1 atom stereocenters. The van der Waals surface area contributed by atoms with Crippen LogP contribution in [-0.4, -0.2) is 28.0 Å². The smallest absolute Gasteiger partial charge is 0.322 e. The predicted molar refractivity (Wildman–Crippen MR) is 124 cm³/mol. The molecule has 1 aromatic carbocycles. The van der Waals surface area contributed by atoms with Crippen molar-refractivity contribution in [3.63, 3.8) is 0 Å². The zero-order chi connectivity index (χ0) is 23.1. The maximum absolute atomic E-state index is 12.9. The summed E-state index contributed by atoms with van der Waals surface area (Å²) in [4.78, 5) is 26.0. The third-order valence-corrected chi connectivity index (χ3v) is 6.98. The zero-order valence-electron chi connectivity index (χ0n) is 19.5. The second kappa shape index (κ2) is 8.50. The lowest BCUT2D eigenvalue weighted by Gasteiger charge is -2.48. The number of carboxylic acid groups (broad SMARTS) is 1. The highest BCUT2D eigenvalue weighted by Gasteiger charge is 2.50. The number of aliphatic carboxylic acids is 1. The lowest BCUT2D eigenvalue weighted by Crippen LogP contribution is -2.57. The van der Waals surface area contributed by atoms with Gasteiger partial charge in [0, 0.05) is 17.3 Å². The number of urea groups is 1. The van der Waals surface area contributed by atoms with E-state index in [-0.39, 0.29) is 29.4 Å². The van der Waals surface area contributed by atoms with Crippen LogP contribution in [0.25, 0.3) is 0 Å². The number of carbonyl (C=O) groups is 2. The minimum absolute atomic E-state index is 0.0841. The minimum atomic E-state index is -0.798. The Balaban J connectivity index is 1.81. The monoisotopic (exact) mass is 446 g/mol. The Hall–Kier alpha value is -2.01. The maximum Gasteiger partial charge on any atom is 0.322 e. The molecule has 2 amide bonds. The molecule has 170 valence electrons. The van der Waals surface area contributed by atoms with Crippen LogP contribution in [0, 0.1) is 16.7 Å². The van der Waals surface area contributed by atoms with E-state index in [0.29, 0.717) is 12.8 Å². The average Bonchev–Trinajstić information content (AvgIpc) is 2.63. The summed E-state index contributed by atoms with van der Waals surface area (Å²) in [6.45, 7) is 12.6. The molecule has 0 radical (unpaired) electrons. The van der Waals surface area contributed by atoms with Crippen LogP contribution < -0.4 is 5.32 Å². The molecule has 0 unspecified atom stereocenters. The summed E-state index contributed by atoms with van der Waals surface area (Å²) in [7, 11) is 0. The van der Waals surface area contributed by atoms with Gasteiger partial charge in [-0.1, -0.05) is 58.4 Å². The van der Waals surface area contributed by atoms with Crippen LogP contribution in [0.2, 0.25) is 5.02 Å². The van der Waals surface area contributed by atoms with Crippen LogP contribution in [0.1, 0.15) is 78.0 Å². The van der Waals surface area contributed by atoms with Crippen LogP contribution in [0.5, 0.6) is 0 Å². The van der Waals surface area contributed by atoms with Gasteiger partial charge >= 0.3 is 12.0 Å². The van der Waals surface area contributed by atoms with Gasteiger partial charge in [0.05, 0.1) is 11.5 Å². The largest absolute Gasteiger partial charge is 0.481 e. The van der Waals surface area contributed by atoms with Crippen LogP contribution in [0.3, 0.4) is 0 Å². The molecule has 3 rings (SSSR count). The van der Waals surface area contributed by atoms with Crippen molar-refractivity contribution in [3.05, 3.63) is 46.1 Å². The number of hydrogen-bond acceptors (Lipinski definition) is 2. The number of aryl methyl sites for hydroxylation is 1. The summed E-state index contributed by atoms with van der Waals surface area (Å²) in [6, 6.07) is 5.61. The summed E-state index contributed by atoms with van der Waals surface area (Å²) in [5.41, 5.74) is 2.70. The molecule has 1 heterocycles. The molecule has 1 aromatic rings. The molecular formula is C25H35ClN2O3. The standard InChI is InChI=1S/C25H35ClN2O3/c1-15(2)19-14-28(18-12-25(6,13-18)22(29)30)23(31)27-21(19)17-8-7-16(20(26)11-17)9-10-24(3,4)5/h7-8,11,14-15,18,21H,9-10,12-13H2,1-6H3,(H,27,31)(H,29,30)/t18?,21-,25?/m1/s1. The van der Waals surface area contributed by atoms with Crippen molar-refractivity contribution >= 4 is 23.6 Å². The van der Waals surface area contributed by atoms with Gasteiger partial charge in [-0.2, -0.15) is 0 Å². The van der Waals surface area contributed by atoms with Gasteiger partial charge in [0.2, 0.25) is 0 Å². The normalized spacial score (nSPS) is 26.4. The van der Waals surface area contributed by atoms with Gasteiger partial charge < -0.3 is 10.4 Å². The third kappa shape index (κ3) is 5.08. The first-order chi connectivity index (χ1) is 14.3. The fraction of sp³-hybridized carbons (Fsp3) is 0.600. The Kier molecular flexibility index (Phi) is 6.48. The van der Waals surface area contributed by atoms with Crippen molar-refractivity contribution in [2.24, 2.45) is 16.7 Å². The average molecular weight is 447 g/mol. The van der Waals surface area contributed by atoms with Crippen molar-refractivity contribution in [2.45, 2.75) is 79.3 Å². The summed E-state index contributed by atoms with van der Waals surface area (Å²) in [5, 5.41) is 13.3. The predicted octanol–water partition coefficient (Wildman–Crippen LogP) is 6.18. The first-order valence-electron chi connectivity index (χ1n) is 11.1. The van der Waals surface area contributed by atoms with Gasteiger partial charge in [0.15, 0.2) is 0 Å². The quantitative estimate of drug-likeness (QED) is 0.548. The van der Waals surface area contributed by atoms with Gasteiger partial charge in [-0.05, 0) is 66.7 Å². The Morgan fingerprint density at radius 2 is 1.97 bits per heavy atom. The van der Waals surface area contributed by atoms with Crippen molar-refractivity contribution in [1.29, 1.82) is 0 Å². The Morgan fingerprint density at radius 3 is 2.48 bits per heavy atom. The summed E-state index contributed by atoms with van der Waals surface area (Å²) >= 11 is 6.61. The molecule has 0 saturated heterocycles. The van der Waals surface area contributed by atoms with E-state index in [2.05, 4.69) is 52.1 Å². The number of carbonyl (C=O) groups excluding carboxylic acids is 1. The second-order valence-corrected chi connectivity index (χ2v) is 11.3. The van der Waals surface area contributed by atoms with Gasteiger partial charge in [-0.15, -0.1) is 0 Å². The first-order valence-corrected chi connectivity index (χ1v) is 11.5. The van der Waals surface area contributed by atoms with E-state index in [1.807, 2.05) is 12.3 Å². The number of carboxylic acids is 1. The Morgan fingerprint density at radius 1 is 1.32 bits per heavy atom. The lowest BCUT2D eigenvalue weighted by molar-refractivity contribution is -0.156. The molecule has 2 N–H and O–H groups in total. The van der Waals surface area contributed by atoms with Crippen molar-refractivity contribution < 1.29 is 14.7 Å². The number of halogens is 1. The van der Waals surface area contributed by atoms with Gasteiger partial charge in [0.1, 0.15) is 0 Å². The molecular weight excluding hydrogens is 412 g/mol. The van der Waals surface area contributed by atoms with Gasteiger partial charge in [0.25, 0.3) is 0 Å². The van der Waals surface area contributed by atoms with E-state index >= 15 is 0 Å². The number of amides is 2. The molecule has 1 aliphatic carbocycles. The zero-order valence-corrected chi connectivity index (χ0v) is 20.2. The molecule has 2 aliphatic rings. The SMILES string of the molecule is CC(C)C1=CN(C2CC(C)(C(=O)O)C2)C(=O)N[C@@H]1c1ccc(CCC(C)(C)C)c(Cl)c1. The second-order valence-electron chi connectivity index (χ2n) is 10.9. The minimum Gasteiger partial charge on any atom is -0.481 e. The van der Waals surface area contributed by atoms with Crippen LogP contribution >= 0.6 is 11.6 Å². The molecule has 1 saturated carbocycles. The van der Waals surface area contributed by atoms with Crippen LogP contribution in [0.4, 0.5) is 4.79 Å². The van der Waals surface area contributed by atoms with Crippen LogP contribution in [0.15, 0.2) is 30.0 Å². The van der Waals surface area contributed by atoms with E-state index in [1.165, 1.54) is 0 Å². The first kappa shape index (κ1) is 23.6. The number of benzene rings is 1. The van der Waals surface area contributed by atoms with Crippen molar-refractivity contribution in [1.82, 2.24) is 10.2 Å². The third-order valence-electron chi connectivity index (χ3n) is 6.63. The summed E-state index contributed by atoms with van der Waals surface area (Å²) in [6.07, 6.45) is 4.84. The Labute approximate surface area is 190 Å². The molecule has 0 spiro atoms. The molecule has 1 fully saturated rings. The van der Waals surface area contributed by atoms with Gasteiger partial charge in [-0.25, -0.2) is 4.79 Å². The highest BCUT2D eigenvalue weighted by atomic mass is 35.5. The summed E-state index contributed by atoms with van der Waals surface area (Å²) < 4.78 is 0. The van der Waals surface area contributed by atoms with Crippen molar-refractivity contribution in [2.75, 3.05) is 0 Å². The fourth-order valence-electron chi connectivity index (χ4n) is 4.41. The number of nitrogens with zero attached hydrogens (tertiary/aromatic N) is 1. The molecule has 0 aromatic heterocycles. The number of rotatable bonds is 6. The van der Waals surface area contributed by atoms with E-state index < -0.39 is 11.4 Å². The topological polar surface area (TPSA) is 69.6 Å². The lowest BCUT2D eigenvalue weighted by atomic mass is 9.66.